The molecule has 0 aliphatic rings. The average molecular weight is 160 g/mol. The molecule has 3 nitrogen and oxygen atoms in total. The third kappa shape index (κ3) is 12.6. The maximum Gasteiger partial charge on any atom is 1.00 e. The molecule has 1 N–H and O–H groups in total. The SMILES string of the molecule is COCC(O)OC.[AlH3].[H-].[Na+]. The summed E-state index contributed by atoms with van der Waals surface area (Å²) < 4.78 is 8.94. The molecule has 1 unspecified atom stereocenters. The molecule has 9 heavy (non-hydrogen) atoms. The van der Waals surface area contributed by atoms with Gasteiger partial charge in [0.1, 0.15) is 0 Å². The summed E-state index contributed by atoms with van der Waals surface area (Å²) in [6.07, 6.45) is -0.773. The maximum atomic E-state index is 8.51. The average Bonchev–Trinajstić information content (AvgIpc) is 1.68. The van der Waals surface area contributed by atoms with E-state index in [0.29, 0.717) is 0 Å². The summed E-state index contributed by atoms with van der Waals surface area (Å²) in [6.45, 7) is 0.233. The molecule has 0 heterocycles. The topological polar surface area (TPSA) is 38.7 Å². The van der Waals surface area contributed by atoms with E-state index in [1.165, 1.54) is 14.2 Å². The van der Waals surface area contributed by atoms with Gasteiger partial charge in [-0.3, -0.25) is 0 Å². The largest absolute Gasteiger partial charge is 1.00 e. The molecule has 0 radical (unpaired) electrons. The summed E-state index contributed by atoms with van der Waals surface area (Å²) in [4.78, 5) is 0. The van der Waals surface area contributed by atoms with E-state index in [0.717, 1.165) is 0 Å². The van der Waals surface area contributed by atoms with Crippen molar-refractivity contribution in [2.75, 3.05) is 20.8 Å². The fourth-order valence-corrected chi connectivity index (χ4v) is 0.211. The molecule has 0 amide bonds. The van der Waals surface area contributed by atoms with Crippen LogP contribution in [0.15, 0.2) is 0 Å². The molecule has 5 heteroatoms. The molecular weight excluding hydrogens is 146 g/mol. The van der Waals surface area contributed by atoms with E-state index >= 15 is 0 Å². The minimum atomic E-state index is -0.773. The van der Waals surface area contributed by atoms with Gasteiger partial charge < -0.3 is 16.0 Å². The second-order valence-corrected chi connectivity index (χ2v) is 1.15. The number of hydrogen-bond donors (Lipinski definition) is 1. The molecular formula is C4H14AlNaO3. The molecule has 0 bridgehead atoms. The van der Waals surface area contributed by atoms with Gasteiger partial charge in [-0.25, -0.2) is 0 Å². The Hall–Kier alpha value is 1.41. The molecule has 0 aromatic carbocycles. The van der Waals surface area contributed by atoms with E-state index < -0.39 is 6.29 Å². The zero-order valence-electron chi connectivity index (χ0n) is 6.55. The zero-order valence-corrected chi connectivity index (χ0v) is 7.55. The predicted molar refractivity (Wildman–Crippen MR) is 35.9 cm³/mol. The van der Waals surface area contributed by atoms with Gasteiger partial charge in [0, 0.05) is 14.2 Å². The van der Waals surface area contributed by atoms with Crippen LogP contribution >= 0.6 is 0 Å². The number of aliphatic hydroxyl groups excluding tert-OH is 1. The summed E-state index contributed by atoms with van der Waals surface area (Å²) in [6, 6.07) is 0. The predicted octanol–water partition coefficient (Wildman–Crippen LogP) is -4.47. The van der Waals surface area contributed by atoms with Crippen LogP contribution in [0.3, 0.4) is 0 Å². The maximum absolute atomic E-state index is 8.51. The standard InChI is InChI=1S/C4H10O3.Al.Na.4H/c1-6-3-4(5)7-2;;;;;;/h4-5H,3H2,1-2H3;;;;;;/q;;+1;;;;-1. The molecule has 0 spiro atoms. The van der Waals surface area contributed by atoms with Gasteiger partial charge in [-0.2, -0.15) is 0 Å². The number of rotatable bonds is 3. The van der Waals surface area contributed by atoms with Crippen LogP contribution in [0.1, 0.15) is 1.43 Å². The number of methoxy groups -OCH3 is 2. The van der Waals surface area contributed by atoms with Gasteiger partial charge in [-0.05, 0) is 0 Å². The Labute approximate surface area is 89.6 Å². The molecule has 0 saturated carbocycles. The fraction of sp³-hybridized carbons (Fsp3) is 1.00. The first kappa shape index (κ1) is 16.8. The summed E-state index contributed by atoms with van der Waals surface area (Å²) in [5.41, 5.74) is 0. The van der Waals surface area contributed by atoms with Crippen LogP contribution in [0.2, 0.25) is 0 Å². The van der Waals surface area contributed by atoms with Crippen molar-refractivity contribution in [2.24, 2.45) is 0 Å². The molecule has 0 fully saturated rings. The van der Waals surface area contributed by atoms with E-state index in [1.54, 1.807) is 0 Å². The summed E-state index contributed by atoms with van der Waals surface area (Å²) in [5, 5.41) is 8.51. The van der Waals surface area contributed by atoms with E-state index in [4.69, 9.17) is 5.11 Å². The van der Waals surface area contributed by atoms with Crippen molar-refractivity contribution in [2.45, 2.75) is 6.29 Å². The second-order valence-electron chi connectivity index (χ2n) is 1.15. The van der Waals surface area contributed by atoms with Gasteiger partial charge in [-0.15, -0.1) is 0 Å². The first-order valence-corrected chi connectivity index (χ1v) is 2.01. The van der Waals surface area contributed by atoms with E-state index in [9.17, 15) is 0 Å². The fourth-order valence-electron chi connectivity index (χ4n) is 0.211. The van der Waals surface area contributed by atoms with Crippen LogP contribution in [-0.4, -0.2) is 49.6 Å². The molecule has 0 aliphatic carbocycles. The Balaban J connectivity index is -0.0000000600. The minimum Gasteiger partial charge on any atom is -1.00 e. The van der Waals surface area contributed by atoms with E-state index in [1.807, 2.05) is 0 Å². The quantitative estimate of drug-likeness (QED) is 0.334. The van der Waals surface area contributed by atoms with Gasteiger partial charge >= 0.3 is 29.6 Å². The smallest absolute Gasteiger partial charge is 1.00 e. The Kier molecular flexibility index (Phi) is 22.6. The first-order valence-electron chi connectivity index (χ1n) is 2.01. The van der Waals surface area contributed by atoms with Crippen LogP contribution in [-0.2, 0) is 9.47 Å². The third-order valence-electron chi connectivity index (χ3n) is 0.581. The second kappa shape index (κ2) is 12.1. The van der Waals surface area contributed by atoms with Gasteiger partial charge in [0.05, 0.1) is 6.61 Å². The third-order valence-corrected chi connectivity index (χ3v) is 0.581. The Morgan fingerprint density at radius 2 is 2.00 bits per heavy atom. The summed E-state index contributed by atoms with van der Waals surface area (Å²) >= 11 is 0. The van der Waals surface area contributed by atoms with Crippen LogP contribution in [0.25, 0.3) is 0 Å². The Morgan fingerprint density at radius 3 is 2.11 bits per heavy atom. The molecule has 0 aromatic rings. The van der Waals surface area contributed by atoms with Crippen molar-refractivity contribution in [1.29, 1.82) is 0 Å². The first-order chi connectivity index (χ1) is 3.31. The molecule has 0 rings (SSSR count). The van der Waals surface area contributed by atoms with Gasteiger partial charge in [-0.1, -0.05) is 0 Å². The van der Waals surface area contributed by atoms with Gasteiger partial charge in [0.2, 0.25) is 0 Å². The van der Waals surface area contributed by atoms with Gasteiger partial charge in [0.15, 0.2) is 23.7 Å². The number of aliphatic hydroxyl groups is 1. The van der Waals surface area contributed by atoms with Crippen LogP contribution in [0.5, 0.6) is 0 Å². The van der Waals surface area contributed by atoms with Crippen molar-refractivity contribution >= 4 is 17.4 Å². The van der Waals surface area contributed by atoms with Crippen molar-refractivity contribution < 1.29 is 45.6 Å². The Bertz CT molecular complexity index is 51.5. The Morgan fingerprint density at radius 1 is 1.56 bits per heavy atom. The van der Waals surface area contributed by atoms with Crippen LogP contribution < -0.4 is 29.6 Å². The molecule has 1 atom stereocenters. The van der Waals surface area contributed by atoms with Crippen molar-refractivity contribution in [3.63, 3.8) is 0 Å². The molecule has 0 aromatic heterocycles. The summed E-state index contributed by atoms with van der Waals surface area (Å²) in [5.74, 6) is 0. The number of ether oxygens (including phenoxy) is 2. The minimum absolute atomic E-state index is 0. The van der Waals surface area contributed by atoms with Gasteiger partial charge in [0.25, 0.3) is 0 Å². The normalized spacial score (nSPS) is 11.0. The monoisotopic (exact) mass is 160 g/mol. The zero-order chi connectivity index (χ0) is 5.70. The molecule has 52 valence electrons. The summed E-state index contributed by atoms with van der Waals surface area (Å²) in [7, 11) is 2.92. The van der Waals surface area contributed by atoms with Crippen molar-refractivity contribution in [1.82, 2.24) is 0 Å². The molecule has 0 aliphatic heterocycles. The van der Waals surface area contributed by atoms with Crippen LogP contribution in [0, 0.1) is 0 Å². The van der Waals surface area contributed by atoms with E-state index in [2.05, 4.69) is 9.47 Å². The van der Waals surface area contributed by atoms with Crippen LogP contribution in [0.4, 0.5) is 0 Å². The van der Waals surface area contributed by atoms with Crippen molar-refractivity contribution in [3.05, 3.63) is 0 Å². The van der Waals surface area contributed by atoms with E-state index in [-0.39, 0.29) is 55.0 Å². The van der Waals surface area contributed by atoms with Crippen molar-refractivity contribution in [3.8, 4) is 0 Å². The molecule has 0 saturated heterocycles. The number of hydrogen-bond acceptors (Lipinski definition) is 3.